The largest absolute Gasteiger partial charge is 0.491 e. The van der Waals surface area contributed by atoms with Gasteiger partial charge in [0.1, 0.15) is 64.8 Å². The summed E-state index contributed by atoms with van der Waals surface area (Å²) >= 11 is 0. The summed E-state index contributed by atoms with van der Waals surface area (Å²) < 4.78 is 46.2. The maximum absolute atomic E-state index is 13.9. The lowest BCUT2D eigenvalue weighted by molar-refractivity contribution is -0.384. The number of nitrogens with zero attached hydrogens (tertiary/aromatic N) is 2. The molecule has 77 heavy (non-hydrogen) atoms. The van der Waals surface area contributed by atoms with Crippen molar-refractivity contribution >= 4 is 42.1 Å². The molecular weight excluding hydrogens is 1020 g/mol. The highest BCUT2D eigenvalue weighted by atomic mass is 16.7. The van der Waals surface area contributed by atoms with Crippen molar-refractivity contribution in [2.24, 2.45) is 5.92 Å². The molecule has 0 aromatic heterocycles. The third kappa shape index (κ3) is 19.6. The number of amides is 6. The van der Waals surface area contributed by atoms with Crippen molar-refractivity contribution in [3.8, 4) is 0 Å². The third-order valence-electron chi connectivity index (χ3n) is 11.7. The number of nitrogens with one attached hydrogen (secondary N) is 5. The highest BCUT2D eigenvalue weighted by Crippen LogP contribution is 2.39. The van der Waals surface area contributed by atoms with Crippen LogP contribution in [0.1, 0.15) is 108 Å². The predicted octanol–water partition coefficient (Wildman–Crippen LogP) is 3.12. The zero-order valence-electron chi connectivity index (χ0n) is 46.2. The van der Waals surface area contributed by atoms with E-state index in [4.69, 9.17) is 37.9 Å². The summed E-state index contributed by atoms with van der Waals surface area (Å²) in [6.45, 7) is 18.9. The van der Waals surface area contributed by atoms with Gasteiger partial charge in [0.15, 0.2) is 6.29 Å². The topological polar surface area (TPSA) is 364 Å². The van der Waals surface area contributed by atoms with Gasteiger partial charge in [0.05, 0.1) is 48.8 Å². The minimum absolute atomic E-state index is 0.0398. The number of carbonyl (C=O) groups excluding carboxylic acids is 6. The standard InChI is InChI=1S/C50H79N7O20/c1-46(2,3)74-42(63)52-23-32(58)39(61)53-31-21-30(55-44(65)76-48(7,8)9)33(34(59)37(31)73-40-35(60)38(50(13,67)25-71-40)56(14)45(66)77-49(10,11)12)36-29(54-43(64)75-47(4,5)6)20-19-28(72-36)22-51-41(62)70-24-26-15-17-27(18-16-26)57(68)69/h15-19,29-38,40,58-60,67H,20-25H2,1-14H3,(H,51,62)(H,52,63)(H,53,61)(H,54,64)(H,55,65)/t29-,30+,31-,32+,33-,34+,35-,36?,37+,38-,40-,50+/m1/s1. The average molecular weight is 1100 g/mol. The number of hydrogen-bond donors (Lipinski definition) is 9. The number of rotatable bonds is 15. The summed E-state index contributed by atoms with van der Waals surface area (Å²) in [6, 6.07) is 0.0472. The molecule has 1 saturated carbocycles. The SMILES string of the molecule is CN(C(=O)OC(C)(C)C)[C@@H]1[C@@H](O)[C@@H](O[C@@H]2[C@@H](O)[C@H](C3OC(CNC(=O)OCc4ccc([N+](=O)[O-])cc4)=CC[C@H]3NC(=O)OC(C)(C)C)[C@@H](NC(=O)OC(C)(C)C)C[C@H]2NC(=O)[C@@H](O)CNC(=O)OC(C)(C)C)OC[C@]1(C)O. The van der Waals surface area contributed by atoms with Crippen molar-refractivity contribution in [1.82, 2.24) is 31.5 Å². The van der Waals surface area contributed by atoms with Crippen LogP contribution in [-0.2, 0) is 49.3 Å². The number of alkyl carbamates (subject to hydrolysis) is 4. The number of carbonyl (C=O) groups is 6. The number of ether oxygens (including phenoxy) is 8. The summed E-state index contributed by atoms with van der Waals surface area (Å²) in [5.74, 6) is -2.42. The molecule has 1 unspecified atom stereocenters. The molecule has 2 fully saturated rings. The van der Waals surface area contributed by atoms with Crippen LogP contribution in [0.2, 0.25) is 0 Å². The second kappa shape index (κ2) is 25.5. The monoisotopic (exact) mass is 1100 g/mol. The molecule has 3 aliphatic rings. The number of benzene rings is 1. The van der Waals surface area contributed by atoms with Crippen LogP contribution >= 0.6 is 0 Å². The van der Waals surface area contributed by atoms with Gasteiger partial charge in [0.2, 0.25) is 0 Å². The fourth-order valence-corrected chi connectivity index (χ4v) is 8.63. The molecule has 4 rings (SSSR count). The van der Waals surface area contributed by atoms with Gasteiger partial charge in [-0.05, 0) is 127 Å². The number of aliphatic hydroxyl groups excluding tert-OH is 3. The van der Waals surface area contributed by atoms with E-state index < -0.39 is 149 Å². The van der Waals surface area contributed by atoms with Crippen molar-refractivity contribution < 1.29 is 92.0 Å². The highest BCUT2D eigenvalue weighted by Gasteiger charge is 2.57. The highest BCUT2D eigenvalue weighted by molar-refractivity contribution is 5.82. The van der Waals surface area contributed by atoms with E-state index in [-0.39, 0.29) is 37.4 Å². The lowest BCUT2D eigenvalue weighted by atomic mass is 9.72. The maximum Gasteiger partial charge on any atom is 0.410 e. The quantitative estimate of drug-likeness (QED) is 0.0692. The van der Waals surface area contributed by atoms with E-state index >= 15 is 0 Å². The van der Waals surface area contributed by atoms with Crippen molar-refractivity contribution in [1.29, 1.82) is 0 Å². The zero-order chi connectivity index (χ0) is 58.2. The Morgan fingerprint density at radius 1 is 0.779 bits per heavy atom. The van der Waals surface area contributed by atoms with Crippen LogP contribution in [0.4, 0.5) is 29.7 Å². The van der Waals surface area contributed by atoms with Gasteiger partial charge >= 0.3 is 30.5 Å². The zero-order valence-corrected chi connectivity index (χ0v) is 46.2. The molecule has 27 heteroatoms. The van der Waals surface area contributed by atoms with Crippen LogP contribution < -0.4 is 26.6 Å². The summed E-state index contributed by atoms with van der Waals surface area (Å²) in [6.07, 6.45) is -14.2. The molecule has 2 aliphatic heterocycles. The summed E-state index contributed by atoms with van der Waals surface area (Å²) in [4.78, 5) is 91.6. The number of aliphatic hydroxyl groups is 4. The number of non-ortho nitro benzene ring substituents is 1. The molecule has 6 amide bonds. The summed E-state index contributed by atoms with van der Waals surface area (Å²) in [5.41, 5.74) is -5.60. The Morgan fingerprint density at radius 2 is 1.32 bits per heavy atom. The van der Waals surface area contributed by atoms with Gasteiger partial charge in [-0.15, -0.1) is 0 Å². The Labute approximate surface area is 447 Å². The molecule has 1 aromatic rings. The number of nitro groups is 1. The minimum atomic E-state index is -1.95. The minimum Gasteiger partial charge on any atom is -0.491 e. The van der Waals surface area contributed by atoms with Crippen LogP contribution in [0.3, 0.4) is 0 Å². The Morgan fingerprint density at radius 3 is 1.87 bits per heavy atom. The molecule has 1 aliphatic carbocycles. The first kappa shape index (κ1) is 63.3. The van der Waals surface area contributed by atoms with Gasteiger partial charge in [0.25, 0.3) is 11.6 Å². The fourth-order valence-electron chi connectivity index (χ4n) is 8.63. The fraction of sp³-hybridized carbons (Fsp3) is 0.720. The van der Waals surface area contributed by atoms with Crippen molar-refractivity contribution in [2.45, 2.75) is 198 Å². The predicted molar refractivity (Wildman–Crippen MR) is 270 cm³/mol. The maximum atomic E-state index is 13.9. The number of likely N-dealkylation sites (N-methyl/N-ethyl adjacent to an activating group) is 1. The molecule has 27 nitrogen and oxygen atoms in total. The van der Waals surface area contributed by atoms with E-state index in [2.05, 4.69) is 26.6 Å². The summed E-state index contributed by atoms with van der Waals surface area (Å²) in [7, 11) is 1.28. The number of nitro benzene ring substituents is 1. The van der Waals surface area contributed by atoms with Gasteiger partial charge in [-0.2, -0.15) is 0 Å². The van der Waals surface area contributed by atoms with Gasteiger partial charge in [0, 0.05) is 31.1 Å². The third-order valence-corrected chi connectivity index (χ3v) is 11.7. The first-order valence-corrected chi connectivity index (χ1v) is 25.1. The molecule has 1 saturated heterocycles. The molecule has 0 spiro atoms. The Balaban J connectivity index is 1.79. The Kier molecular flexibility index (Phi) is 20.9. The van der Waals surface area contributed by atoms with Crippen LogP contribution in [0, 0.1) is 16.0 Å². The Bertz CT molecular complexity index is 2270. The smallest absolute Gasteiger partial charge is 0.410 e. The van der Waals surface area contributed by atoms with Crippen molar-refractivity contribution in [3.05, 3.63) is 51.8 Å². The molecule has 9 N–H and O–H groups in total. The van der Waals surface area contributed by atoms with Crippen molar-refractivity contribution in [3.63, 3.8) is 0 Å². The lowest BCUT2D eigenvalue weighted by Crippen LogP contribution is -2.71. The van der Waals surface area contributed by atoms with E-state index in [9.17, 15) is 59.3 Å². The van der Waals surface area contributed by atoms with Crippen molar-refractivity contribution in [2.75, 3.05) is 26.7 Å². The van der Waals surface area contributed by atoms with Gasteiger partial charge in [-0.25, -0.2) is 24.0 Å². The summed E-state index contributed by atoms with van der Waals surface area (Å²) in [5, 5.41) is 71.7. The van der Waals surface area contributed by atoms with Crippen LogP contribution in [0.25, 0.3) is 0 Å². The molecule has 0 bridgehead atoms. The second-order valence-corrected chi connectivity index (χ2v) is 23.3. The second-order valence-electron chi connectivity index (χ2n) is 23.3. The Hall–Kier alpha value is -6.26. The lowest BCUT2D eigenvalue weighted by Gasteiger charge is -2.52. The molecule has 1 aromatic carbocycles. The normalized spacial score (nSPS) is 27.2. The molecule has 2 heterocycles. The van der Waals surface area contributed by atoms with Gasteiger partial charge < -0.3 is 89.8 Å². The van der Waals surface area contributed by atoms with Gasteiger partial charge in [-0.3, -0.25) is 14.9 Å². The first-order valence-electron chi connectivity index (χ1n) is 25.1. The molecule has 0 radical (unpaired) electrons. The van der Waals surface area contributed by atoms with Crippen LogP contribution in [0.5, 0.6) is 0 Å². The van der Waals surface area contributed by atoms with E-state index in [0.717, 1.165) is 4.90 Å². The van der Waals surface area contributed by atoms with Gasteiger partial charge in [-0.1, -0.05) is 0 Å². The molecule has 12 atom stereocenters. The van der Waals surface area contributed by atoms with E-state index in [1.54, 1.807) is 89.2 Å². The average Bonchev–Trinajstić information content (AvgIpc) is 3.26. The van der Waals surface area contributed by atoms with E-state index in [1.165, 1.54) is 38.2 Å². The van der Waals surface area contributed by atoms with Crippen LogP contribution in [0.15, 0.2) is 36.1 Å². The van der Waals surface area contributed by atoms with E-state index in [0.29, 0.717) is 5.56 Å². The number of hydrogen-bond acceptors (Lipinski definition) is 20. The molecule has 434 valence electrons. The van der Waals surface area contributed by atoms with Crippen LogP contribution in [-0.4, -0.2) is 182 Å². The van der Waals surface area contributed by atoms with E-state index in [1.807, 2.05) is 0 Å². The molecular formula is C50H79N7O20. The first-order chi connectivity index (χ1) is 35.3.